The van der Waals surface area contributed by atoms with Crippen LogP contribution >= 0.6 is 11.6 Å². The van der Waals surface area contributed by atoms with E-state index in [1.807, 2.05) is 13.8 Å². The molecule has 0 saturated heterocycles. The Morgan fingerprint density at radius 1 is 1.02 bits per heavy atom. The first-order valence-corrected chi connectivity index (χ1v) is 14.3. The Morgan fingerprint density at radius 3 is 2.44 bits per heavy atom. The fraction of sp³-hybridized carbons (Fsp3) is 0.375. The molecule has 0 aliphatic carbocycles. The zero-order chi connectivity index (χ0) is 32.9. The van der Waals surface area contributed by atoms with Crippen molar-refractivity contribution in [2.45, 2.75) is 39.4 Å². The zero-order valence-electron chi connectivity index (χ0n) is 25.8. The molecule has 2 amide bonds. The molecule has 45 heavy (non-hydrogen) atoms. The Hall–Kier alpha value is -4.55. The minimum Gasteiger partial charge on any atom is -0.493 e. The van der Waals surface area contributed by atoms with Gasteiger partial charge in [-0.25, -0.2) is 4.79 Å². The lowest BCUT2D eigenvalue weighted by molar-refractivity contribution is -0.144. The second kappa shape index (κ2) is 14.0. The predicted octanol–water partition coefficient (Wildman–Crippen LogP) is 5.18. The summed E-state index contributed by atoms with van der Waals surface area (Å²) >= 11 is 6.48. The lowest BCUT2D eigenvalue weighted by Gasteiger charge is -2.33. The number of carbonyl (C=O) groups excluding carboxylic acids is 4. The first-order valence-electron chi connectivity index (χ1n) is 14.0. The number of hydrogen-bond donors (Lipinski definition) is 1. The molecule has 1 N–H and O–H groups in total. The molecule has 4 rings (SSSR count). The van der Waals surface area contributed by atoms with E-state index >= 15 is 0 Å². The lowest BCUT2D eigenvalue weighted by atomic mass is 9.92. The molecule has 1 aliphatic heterocycles. The number of furan rings is 1. The topological polar surface area (TPSA) is 143 Å². The molecule has 0 bridgehead atoms. The number of fused-ring (bicyclic) bond motifs is 1. The first-order chi connectivity index (χ1) is 21.4. The minimum atomic E-state index is -1.31. The fourth-order valence-electron chi connectivity index (χ4n) is 4.97. The smallest absolute Gasteiger partial charge is 0.374 e. The van der Waals surface area contributed by atoms with Gasteiger partial charge in [0.15, 0.2) is 11.5 Å². The van der Waals surface area contributed by atoms with Gasteiger partial charge in [0.25, 0.3) is 5.91 Å². The number of hydrogen-bond acceptors (Lipinski definition) is 10. The molecular weight excluding hydrogens is 608 g/mol. The Morgan fingerprint density at radius 2 is 1.78 bits per heavy atom. The first kappa shape index (κ1) is 33.3. The number of amides is 2. The highest BCUT2D eigenvalue weighted by Crippen LogP contribution is 2.45. The van der Waals surface area contributed by atoms with Crippen molar-refractivity contribution in [3.63, 3.8) is 0 Å². The second-order valence-electron chi connectivity index (χ2n) is 11.1. The Bertz CT molecular complexity index is 1580. The molecule has 240 valence electrons. The number of nitrogens with zero attached hydrogens (tertiary/aromatic N) is 1. The van der Waals surface area contributed by atoms with Crippen molar-refractivity contribution in [2.75, 3.05) is 44.7 Å². The molecule has 12 nitrogen and oxygen atoms in total. The number of nitrogens with one attached hydrogen (secondary N) is 1. The third-order valence-corrected chi connectivity index (χ3v) is 7.23. The van der Waals surface area contributed by atoms with E-state index in [0.29, 0.717) is 33.3 Å². The van der Waals surface area contributed by atoms with Gasteiger partial charge in [-0.1, -0.05) is 37.6 Å². The quantitative estimate of drug-likeness (QED) is 0.278. The maximum Gasteiger partial charge on any atom is 0.374 e. The van der Waals surface area contributed by atoms with E-state index in [0.717, 1.165) is 0 Å². The van der Waals surface area contributed by atoms with E-state index in [-0.39, 0.29) is 24.8 Å². The van der Waals surface area contributed by atoms with E-state index in [9.17, 15) is 19.2 Å². The summed E-state index contributed by atoms with van der Waals surface area (Å²) < 4.78 is 33.0. The molecule has 2 atom stereocenters. The number of halogens is 1. The number of rotatable bonds is 11. The zero-order valence-corrected chi connectivity index (χ0v) is 26.6. The normalized spacial score (nSPS) is 16.3. The third kappa shape index (κ3) is 7.76. The number of anilines is 2. The van der Waals surface area contributed by atoms with Crippen LogP contribution in [0, 0.1) is 5.41 Å². The molecule has 1 aliphatic rings. The highest BCUT2D eigenvalue weighted by atomic mass is 35.5. The fourth-order valence-corrected chi connectivity index (χ4v) is 5.15. The highest BCUT2D eigenvalue weighted by Gasteiger charge is 2.41. The van der Waals surface area contributed by atoms with Crippen LogP contribution in [0.5, 0.6) is 11.5 Å². The maximum absolute atomic E-state index is 14.3. The molecule has 0 unspecified atom stereocenters. The Labute approximate surface area is 265 Å². The summed E-state index contributed by atoms with van der Waals surface area (Å²) in [5.74, 6) is -1.59. The second-order valence-corrected chi connectivity index (χ2v) is 11.5. The summed E-state index contributed by atoms with van der Waals surface area (Å²) in [7, 11) is 4.20. The molecule has 13 heteroatoms. The van der Waals surface area contributed by atoms with Gasteiger partial charge in [0.1, 0.15) is 12.2 Å². The lowest BCUT2D eigenvalue weighted by Crippen LogP contribution is -2.46. The van der Waals surface area contributed by atoms with Crippen molar-refractivity contribution >= 4 is 46.9 Å². The van der Waals surface area contributed by atoms with Crippen LogP contribution in [0.4, 0.5) is 11.6 Å². The van der Waals surface area contributed by atoms with Crippen LogP contribution in [0.15, 0.2) is 52.9 Å². The molecule has 0 radical (unpaired) electrons. The molecule has 2 aromatic carbocycles. The van der Waals surface area contributed by atoms with Crippen LogP contribution in [-0.2, 0) is 28.6 Å². The number of benzene rings is 2. The van der Waals surface area contributed by atoms with Crippen LogP contribution < -0.4 is 19.7 Å². The standard InChI is InChI=1S/C32H35ClN2O10/c1-18(36)43-17-32(2,3)16-35-22-11-10-19(33)14-21(22)28(20-8-7-9-23(40-4)29(20)41-5)45-25(30(35)38)15-26(37)34-27-13-12-24(44-27)31(39)42-6/h7-14,25,28H,15-17H2,1-6H3,(H,34,37)/t25-,28-/m1/s1. The Kier molecular flexibility index (Phi) is 10.4. The van der Waals surface area contributed by atoms with Crippen molar-refractivity contribution in [1.82, 2.24) is 0 Å². The maximum atomic E-state index is 14.3. The van der Waals surface area contributed by atoms with Crippen LogP contribution in [-0.4, -0.2) is 64.3 Å². The van der Waals surface area contributed by atoms with Gasteiger partial charge < -0.3 is 33.0 Å². The molecule has 1 aromatic heterocycles. The SMILES string of the molecule is COC(=O)c1ccc(NC(=O)C[C@H]2O[C@H](c3cccc(OC)c3OC)c3cc(Cl)ccc3N(CC(C)(C)COC(C)=O)C2=O)o1. The van der Waals surface area contributed by atoms with Gasteiger partial charge in [0.2, 0.25) is 17.6 Å². The van der Waals surface area contributed by atoms with E-state index in [2.05, 4.69) is 10.1 Å². The third-order valence-electron chi connectivity index (χ3n) is 7.00. The summed E-state index contributed by atoms with van der Waals surface area (Å²) in [5, 5.41) is 2.96. The molecular formula is C32H35ClN2O10. The van der Waals surface area contributed by atoms with Crippen molar-refractivity contribution in [3.05, 3.63) is 70.4 Å². The number of esters is 2. The van der Waals surface area contributed by atoms with Crippen LogP contribution in [0.2, 0.25) is 5.02 Å². The van der Waals surface area contributed by atoms with Crippen LogP contribution in [0.1, 0.15) is 55.0 Å². The van der Waals surface area contributed by atoms with Gasteiger partial charge in [0, 0.05) is 46.8 Å². The van der Waals surface area contributed by atoms with Gasteiger partial charge in [0.05, 0.1) is 34.4 Å². The summed E-state index contributed by atoms with van der Waals surface area (Å²) in [6.45, 7) is 5.16. The molecule has 0 spiro atoms. The number of para-hydroxylation sites is 1. The number of ether oxygens (including phenoxy) is 5. The summed E-state index contributed by atoms with van der Waals surface area (Å²) in [6.07, 6.45) is -2.66. The average Bonchev–Trinajstić information content (AvgIpc) is 3.44. The van der Waals surface area contributed by atoms with Crippen molar-refractivity contribution < 1.29 is 47.3 Å². The highest BCUT2D eigenvalue weighted by molar-refractivity contribution is 6.30. The molecule has 0 fully saturated rings. The summed E-state index contributed by atoms with van der Waals surface area (Å²) in [4.78, 5) is 52.5. The van der Waals surface area contributed by atoms with Crippen molar-refractivity contribution in [1.29, 1.82) is 0 Å². The van der Waals surface area contributed by atoms with Gasteiger partial charge in [-0.2, -0.15) is 0 Å². The van der Waals surface area contributed by atoms with Crippen LogP contribution in [0.3, 0.4) is 0 Å². The molecule has 2 heterocycles. The number of carbonyl (C=O) groups is 4. The largest absolute Gasteiger partial charge is 0.493 e. The van der Waals surface area contributed by atoms with Crippen molar-refractivity contribution in [3.8, 4) is 11.5 Å². The predicted molar refractivity (Wildman–Crippen MR) is 164 cm³/mol. The summed E-state index contributed by atoms with van der Waals surface area (Å²) in [5.41, 5.74) is 0.874. The van der Waals surface area contributed by atoms with E-state index in [1.165, 1.54) is 45.3 Å². The van der Waals surface area contributed by atoms with Gasteiger partial charge in [-0.05, 0) is 30.3 Å². The minimum absolute atomic E-state index is 0.0121. The van der Waals surface area contributed by atoms with Gasteiger partial charge in [-0.3, -0.25) is 19.7 Å². The van der Waals surface area contributed by atoms with Crippen molar-refractivity contribution in [2.24, 2.45) is 5.41 Å². The van der Waals surface area contributed by atoms with Gasteiger partial charge in [-0.15, -0.1) is 0 Å². The Balaban J connectivity index is 1.78. The van der Waals surface area contributed by atoms with Gasteiger partial charge >= 0.3 is 11.9 Å². The van der Waals surface area contributed by atoms with E-state index < -0.39 is 47.8 Å². The van der Waals surface area contributed by atoms with E-state index in [4.69, 9.17) is 35.0 Å². The average molecular weight is 643 g/mol. The monoisotopic (exact) mass is 642 g/mol. The summed E-state index contributed by atoms with van der Waals surface area (Å²) in [6, 6.07) is 13.1. The molecule has 3 aromatic rings. The molecule has 0 saturated carbocycles. The van der Waals surface area contributed by atoms with E-state index in [1.54, 1.807) is 36.4 Å². The number of methoxy groups -OCH3 is 3. The van der Waals surface area contributed by atoms with Crippen LogP contribution in [0.25, 0.3) is 0 Å².